The van der Waals surface area contributed by atoms with Gasteiger partial charge in [0.05, 0.1) is 10.7 Å². The van der Waals surface area contributed by atoms with E-state index in [-0.39, 0.29) is 0 Å². The second-order valence-electron chi connectivity index (χ2n) is 5.67. The predicted molar refractivity (Wildman–Crippen MR) is 90.2 cm³/mol. The van der Waals surface area contributed by atoms with E-state index in [1.165, 1.54) is 11.1 Å². The average molecular weight is 301 g/mol. The summed E-state index contributed by atoms with van der Waals surface area (Å²) in [5, 5.41) is 4.49. The Morgan fingerprint density at radius 1 is 1.14 bits per heavy atom. The zero-order valence-electron chi connectivity index (χ0n) is 12.3. The van der Waals surface area contributed by atoms with Crippen molar-refractivity contribution in [2.75, 3.05) is 24.5 Å². The zero-order chi connectivity index (χ0) is 14.7. The third-order valence-electron chi connectivity index (χ3n) is 4.04. The third-order valence-corrected chi connectivity index (χ3v) is 4.35. The molecule has 2 aromatic rings. The topological polar surface area (TPSA) is 15.3 Å². The second kappa shape index (κ2) is 6.50. The van der Waals surface area contributed by atoms with Crippen molar-refractivity contribution in [2.24, 2.45) is 0 Å². The largest absolute Gasteiger partial charge is 0.368 e. The van der Waals surface area contributed by atoms with E-state index < -0.39 is 0 Å². The van der Waals surface area contributed by atoms with Gasteiger partial charge in [-0.3, -0.25) is 0 Å². The highest BCUT2D eigenvalue weighted by atomic mass is 35.5. The zero-order valence-corrected chi connectivity index (χ0v) is 13.1. The second-order valence-corrected chi connectivity index (χ2v) is 6.08. The molecule has 0 bridgehead atoms. The van der Waals surface area contributed by atoms with Crippen LogP contribution in [0.3, 0.4) is 0 Å². The molecule has 1 N–H and O–H groups in total. The Kier molecular flexibility index (Phi) is 4.47. The fraction of sp³-hybridized carbons (Fsp3) is 0.333. The molecule has 2 aromatic carbocycles. The Bertz CT molecular complexity index is 597. The van der Waals surface area contributed by atoms with Gasteiger partial charge in [0.2, 0.25) is 0 Å². The molecule has 1 aliphatic rings. The van der Waals surface area contributed by atoms with Gasteiger partial charge < -0.3 is 10.2 Å². The highest BCUT2D eigenvalue weighted by Crippen LogP contribution is 2.29. The molecule has 1 atom stereocenters. The Labute approximate surface area is 131 Å². The van der Waals surface area contributed by atoms with Gasteiger partial charge in [0, 0.05) is 19.1 Å². The summed E-state index contributed by atoms with van der Waals surface area (Å²) in [7, 11) is 0. The molecule has 0 aromatic heterocycles. The lowest BCUT2D eigenvalue weighted by atomic mass is 10.1. The first kappa shape index (κ1) is 14.4. The molecule has 2 nitrogen and oxygen atoms in total. The van der Waals surface area contributed by atoms with Gasteiger partial charge in [-0.05, 0) is 43.1 Å². The van der Waals surface area contributed by atoms with Crippen molar-refractivity contribution in [2.45, 2.75) is 19.4 Å². The number of nitrogens with zero attached hydrogens (tertiary/aromatic N) is 1. The molecule has 3 heteroatoms. The van der Waals surface area contributed by atoms with E-state index in [1.807, 2.05) is 6.07 Å². The van der Waals surface area contributed by atoms with Gasteiger partial charge in [0.25, 0.3) is 0 Å². The van der Waals surface area contributed by atoms with Crippen molar-refractivity contribution in [1.29, 1.82) is 0 Å². The van der Waals surface area contributed by atoms with Gasteiger partial charge in [-0.2, -0.15) is 0 Å². The molecule has 0 radical (unpaired) electrons. The van der Waals surface area contributed by atoms with Gasteiger partial charge in [0.1, 0.15) is 0 Å². The van der Waals surface area contributed by atoms with Gasteiger partial charge in [-0.1, -0.05) is 48.0 Å². The average Bonchev–Trinajstić information content (AvgIpc) is 2.74. The van der Waals surface area contributed by atoms with Crippen LogP contribution < -0.4 is 10.2 Å². The number of anilines is 1. The molecule has 1 aliphatic heterocycles. The van der Waals surface area contributed by atoms with E-state index in [4.69, 9.17) is 11.6 Å². The first-order valence-electron chi connectivity index (χ1n) is 7.53. The van der Waals surface area contributed by atoms with Crippen LogP contribution in [0.25, 0.3) is 0 Å². The summed E-state index contributed by atoms with van der Waals surface area (Å²) in [4.78, 5) is 2.40. The van der Waals surface area contributed by atoms with Crippen LogP contribution in [0.2, 0.25) is 5.02 Å². The fourth-order valence-electron chi connectivity index (χ4n) is 2.92. The maximum Gasteiger partial charge on any atom is 0.0642 e. The molecule has 0 spiro atoms. The van der Waals surface area contributed by atoms with Crippen molar-refractivity contribution in [3.8, 4) is 0 Å². The smallest absolute Gasteiger partial charge is 0.0642 e. The van der Waals surface area contributed by atoms with Crippen molar-refractivity contribution >= 4 is 17.3 Å². The highest BCUT2D eigenvalue weighted by molar-refractivity contribution is 6.33. The van der Waals surface area contributed by atoms with Gasteiger partial charge in [-0.15, -0.1) is 0 Å². The lowest BCUT2D eigenvalue weighted by molar-refractivity contribution is 0.570. The minimum absolute atomic E-state index is 0.353. The van der Waals surface area contributed by atoms with Crippen LogP contribution in [-0.4, -0.2) is 19.6 Å². The van der Waals surface area contributed by atoms with E-state index in [0.717, 1.165) is 36.8 Å². The predicted octanol–water partition coefficient (Wildman–Crippen LogP) is 4.19. The Balaban J connectivity index is 1.85. The molecule has 21 heavy (non-hydrogen) atoms. The molecule has 0 amide bonds. The van der Waals surface area contributed by atoms with E-state index in [9.17, 15) is 0 Å². The standard InChI is InChI=1S/C18H21ClN2/c1-14-8-9-18(16(19)12-14)21-11-5-10-20-17(13-21)15-6-3-2-4-7-15/h2-4,6-9,12,17,20H,5,10-11,13H2,1H3. The third kappa shape index (κ3) is 3.39. The molecule has 110 valence electrons. The maximum atomic E-state index is 6.45. The Morgan fingerprint density at radius 3 is 2.71 bits per heavy atom. The molecule has 0 saturated carbocycles. The number of rotatable bonds is 2. The van der Waals surface area contributed by atoms with Crippen LogP contribution in [0.1, 0.15) is 23.6 Å². The number of nitrogens with one attached hydrogen (secondary N) is 1. The number of aryl methyl sites for hydroxylation is 1. The first-order chi connectivity index (χ1) is 10.2. The molecular weight excluding hydrogens is 280 g/mol. The minimum atomic E-state index is 0.353. The quantitative estimate of drug-likeness (QED) is 0.894. The van der Waals surface area contributed by atoms with Crippen LogP contribution in [0.5, 0.6) is 0 Å². The van der Waals surface area contributed by atoms with Gasteiger partial charge >= 0.3 is 0 Å². The molecule has 3 rings (SSSR count). The minimum Gasteiger partial charge on any atom is -0.368 e. The van der Waals surface area contributed by atoms with Crippen molar-refractivity contribution in [3.05, 3.63) is 64.7 Å². The summed E-state index contributed by atoms with van der Waals surface area (Å²) in [5.41, 5.74) is 3.69. The summed E-state index contributed by atoms with van der Waals surface area (Å²) < 4.78 is 0. The lowest BCUT2D eigenvalue weighted by Gasteiger charge is -2.27. The highest BCUT2D eigenvalue weighted by Gasteiger charge is 2.20. The van der Waals surface area contributed by atoms with Crippen LogP contribution in [0.15, 0.2) is 48.5 Å². The van der Waals surface area contributed by atoms with E-state index in [2.05, 4.69) is 59.6 Å². The SMILES string of the molecule is Cc1ccc(N2CCCNC(c3ccccc3)C2)c(Cl)c1. The van der Waals surface area contributed by atoms with Crippen LogP contribution in [-0.2, 0) is 0 Å². The van der Waals surface area contributed by atoms with Crippen LogP contribution >= 0.6 is 11.6 Å². The fourth-order valence-corrected chi connectivity index (χ4v) is 3.27. The molecule has 1 saturated heterocycles. The van der Waals surface area contributed by atoms with E-state index >= 15 is 0 Å². The molecule has 1 fully saturated rings. The molecule has 1 heterocycles. The maximum absolute atomic E-state index is 6.45. The van der Waals surface area contributed by atoms with Gasteiger partial charge in [-0.25, -0.2) is 0 Å². The summed E-state index contributed by atoms with van der Waals surface area (Å²) in [5.74, 6) is 0. The first-order valence-corrected chi connectivity index (χ1v) is 7.91. The summed E-state index contributed by atoms with van der Waals surface area (Å²) in [6.45, 7) is 5.11. The number of hydrogen-bond acceptors (Lipinski definition) is 2. The summed E-state index contributed by atoms with van der Waals surface area (Å²) in [6.07, 6.45) is 1.13. The van der Waals surface area contributed by atoms with Crippen molar-refractivity contribution in [1.82, 2.24) is 5.32 Å². The number of hydrogen-bond donors (Lipinski definition) is 1. The summed E-state index contributed by atoms with van der Waals surface area (Å²) >= 11 is 6.45. The number of benzene rings is 2. The number of halogens is 1. The van der Waals surface area contributed by atoms with Crippen molar-refractivity contribution in [3.63, 3.8) is 0 Å². The van der Waals surface area contributed by atoms with Crippen molar-refractivity contribution < 1.29 is 0 Å². The normalized spacial score (nSPS) is 19.3. The Hall–Kier alpha value is -1.51. The summed E-state index contributed by atoms with van der Waals surface area (Å²) in [6, 6.07) is 17.3. The van der Waals surface area contributed by atoms with E-state index in [1.54, 1.807) is 0 Å². The Morgan fingerprint density at radius 2 is 1.95 bits per heavy atom. The lowest BCUT2D eigenvalue weighted by Crippen LogP contribution is -2.31. The monoisotopic (exact) mass is 300 g/mol. The van der Waals surface area contributed by atoms with Crippen LogP contribution in [0, 0.1) is 6.92 Å². The van der Waals surface area contributed by atoms with E-state index in [0.29, 0.717) is 6.04 Å². The van der Waals surface area contributed by atoms with Gasteiger partial charge in [0.15, 0.2) is 0 Å². The van der Waals surface area contributed by atoms with Crippen LogP contribution in [0.4, 0.5) is 5.69 Å². The molecular formula is C18H21ClN2. The molecule has 1 unspecified atom stereocenters. The molecule has 0 aliphatic carbocycles.